The third kappa shape index (κ3) is 4.16. The molecule has 1 fully saturated rings. The molecule has 0 unspecified atom stereocenters. The average Bonchev–Trinajstić information content (AvgIpc) is 3.34. The number of carbonyl (C=O) groups is 1. The molecule has 0 bridgehead atoms. The second kappa shape index (κ2) is 7.23. The van der Waals surface area contributed by atoms with Gasteiger partial charge in [0.15, 0.2) is 0 Å². The van der Waals surface area contributed by atoms with E-state index >= 15 is 0 Å². The minimum atomic E-state index is -0.0277. The van der Waals surface area contributed by atoms with Crippen LogP contribution in [0, 0.1) is 13.8 Å². The van der Waals surface area contributed by atoms with Gasteiger partial charge in [0.2, 0.25) is 11.7 Å². The third-order valence-electron chi connectivity index (χ3n) is 4.59. The molecule has 0 spiro atoms. The van der Waals surface area contributed by atoms with Gasteiger partial charge in [0.25, 0.3) is 5.91 Å². The first kappa shape index (κ1) is 17.3. The van der Waals surface area contributed by atoms with Gasteiger partial charge in [-0.1, -0.05) is 35.0 Å². The fraction of sp³-hybridized carbons (Fsp3) is 0.286. The van der Waals surface area contributed by atoms with Gasteiger partial charge in [-0.25, -0.2) is 0 Å². The summed E-state index contributed by atoms with van der Waals surface area (Å²) < 4.78 is 5.36. The number of nitrogens with one attached hydrogen (secondary N) is 2. The number of amides is 1. The van der Waals surface area contributed by atoms with Crippen LogP contribution in [0.25, 0.3) is 11.4 Å². The lowest BCUT2D eigenvalue weighted by atomic mass is 10.1. The quantitative estimate of drug-likeness (QED) is 0.696. The third-order valence-corrected chi connectivity index (χ3v) is 4.59. The van der Waals surface area contributed by atoms with Crippen LogP contribution in [0.15, 0.2) is 47.0 Å². The monoisotopic (exact) mass is 362 g/mol. The molecule has 3 aromatic rings. The Kier molecular flexibility index (Phi) is 4.62. The van der Waals surface area contributed by atoms with Crippen molar-refractivity contribution in [2.75, 3.05) is 5.32 Å². The predicted octanol–water partition coefficient (Wildman–Crippen LogP) is 3.86. The lowest BCUT2D eigenvalue weighted by Gasteiger charge is -2.10. The van der Waals surface area contributed by atoms with E-state index in [1.807, 2.05) is 56.3 Å². The highest BCUT2D eigenvalue weighted by Gasteiger charge is 2.24. The molecule has 6 heteroatoms. The van der Waals surface area contributed by atoms with E-state index in [4.69, 9.17) is 4.52 Å². The van der Waals surface area contributed by atoms with E-state index in [1.165, 1.54) is 0 Å². The Labute approximate surface area is 158 Å². The molecule has 138 valence electrons. The first-order chi connectivity index (χ1) is 13.1. The first-order valence-electron chi connectivity index (χ1n) is 9.13. The number of benzene rings is 2. The fourth-order valence-electron chi connectivity index (χ4n) is 2.85. The maximum absolute atomic E-state index is 12.2. The number of nitrogens with zero attached hydrogens (tertiary/aromatic N) is 2. The standard InChI is InChI=1S/C21H22N4O2/c1-13-4-3-5-15(10-13)20-24-19(27-25-20)12-22-18-11-16(7-6-14(18)2)21(26)23-17-8-9-17/h3-7,10-11,17,22H,8-9,12H2,1-2H3,(H,23,26). The summed E-state index contributed by atoms with van der Waals surface area (Å²) in [7, 11) is 0. The summed E-state index contributed by atoms with van der Waals surface area (Å²) in [6.07, 6.45) is 2.15. The van der Waals surface area contributed by atoms with Crippen molar-refractivity contribution in [3.63, 3.8) is 0 Å². The molecule has 4 rings (SSSR count). The van der Waals surface area contributed by atoms with E-state index in [-0.39, 0.29) is 5.91 Å². The van der Waals surface area contributed by atoms with Crippen LogP contribution >= 0.6 is 0 Å². The Morgan fingerprint density at radius 2 is 2.04 bits per heavy atom. The molecule has 1 aromatic heterocycles. The molecule has 6 nitrogen and oxygen atoms in total. The second-order valence-electron chi connectivity index (χ2n) is 7.01. The molecule has 1 aliphatic rings. The van der Waals surface area contributed by atoms with Crippen molar-refractivity contribution in [3.8, 4) is 11.4 Å². The van der Waals surface area contributed by atoms with Crippen molar-refractivity contribution in [3.05, 3.63) is 65.0 Å². The van der Waals surface area contributed by atoms with Crippen LogP contribution in [-0.2, 0) is 6.54 Å². The van der Waals surface area contributed by atoms with Gasteiger partial charge in [-0.2, -0.15) is 4.98 Å². The van der Waals surface area contributed by atoms with Gasteiger partial charge < -0.3 is 15.2 Å². The van der Waals surface area contributed by atoms with Gasteiger partial charge in [-0.15, -0.1) is 0 Å². The molecule has 1 saturated carbocycles. The largest absolute Gasteiger partial charge is 0.376 e. The maximum Gasteiger partial charge on any atom is 0.251 e. The summed E-state index contributed by atoms with van der Waals surface area (Å²) in [6.45, 7) is 4.42. The minimum absolute atomic E-state index is 0.0277. The molecule has 0 aliphatic heterocycles. The highest BCUT2D eigenvalue weighted by Crippen LogP contribution is 2.22. The normalized spacial score (nSPS) is 13.4. The Morgan fingerprint density at radius 3 is 2.81 bits per heavy atom. The van der Waals surface area contributed by atoms with E-state index in [9.17, 15) is 4.79 Å². The SMILES string of the molecule is Cc1cccc(-c2noc(CNc3cc(C(=O)NC4CC4)ccc3C)n2)c1. The van der Waals surface area contributed by atoms with Crippen LogP contribution in [0.3, 0.4) is 0 Å². The van der Waals surface area contributed by atoms with Crippen molar-refractivity contribution in [1.82, 2.24) is 15.5 Å². The fourth-order valence-corrected chi connectivity index (χ4v) is 2.85. The van der Waals surface area contributed by atoms with E-state index in [2.05, 4.69) is 20.8 Å². The summed E-state index contributed by atoms with van der Waals surface area (Å²) in [5.41, 5.74) is 4.67. The topological polar surface area (TPSA) is 80.0 Å². The zero-order chi connectivity index (χ0) is 18.8. The smallest absolute Gasteiger partial charge is 0.251 e. The Bertz CT molecular complexity index is 976. The highest BCUT2D eigenvalue weighted by molar-refractivity contribution is 5.95. The first-order valence-corrected chi connectivity index (χ1v) is 9.13. The van der Waals surface area contributed by atoms with Gasteiger partial charge >= 0.3 is 0 Å². The van der Waals surface area contributed by atoms with Gasteiger partial charge in [0, 0.05) is 22.9 Å². The summed E-state index contributed by atoms with van der Waals surface area (Å²) in [5, 5.41) is 10.4. The van der Waals surface area contributed by atoms with E-state index in [0.717, 1.165) is 35.2 Å². The van der Waals surface area contributed by atoms with Crippen LogP contribution in [0.2, 0.25) is 0 Å². The Morgan fingerprint density at radius 1 is 1.19 bits per heavy atom. The number of aromatic nitrogens is 2. The molecular formula is C21H22N4O2. The molecule has 27 heavy (non-hydrogen) atoms. The molecular weight excluding hydrogens is 340 g/mol. The van der Waals surface area contributed by atoms with E-state index < -0.39 is 0 Å². The summed E-state index contributed by atoms with van der Waals surface area (Å²) in [4.78, 5) is 16.7. The summed E-state index contributed by atoms with van der Waals surface area (Å²) in [5.74, 6) is 1.04. The highest BCUT2D eigenvalue weighted by atomic mass is 16.5. The Hall–Kier alpha value is -3.15. The molecule has 1 amide bonds. The average molecular weight is 362 g/mol. The number of carbonyl (C=O) groups excluding carboxylic acids is 1. The van der Waals surface area contributed by atoms with E-state index in [0.29, 0.717) is 29.9 Å². The van der Waals surface area contributed by atoms with Crippen molar-refractivity contribution >= 4 is 11.6 Å². The number of hydrogen-bond donors (Lipinski definition) is 2. The van der Waals surface area contributed by atoms with Gasteiger partial charge in [0.05, 0.1) is 6.54 Å². The molecule has 2 aromatic carbocycles. The van der Waals surface area contributed by atoms with Crippen LogP contribution in [0.5, 0.6) is 0 Å². The van der Waals surface area contributed by atoms with Crippen molar-refractivity contribution < 1.29 is 9.32 Å². The van der Waals surface area contributed by atoms with Crippen molar-refractivity contribution in [2.45, 2.75) is 39.3 Å². The van der Waals surface area contributed by atoms with Crippen LogP contribution in [-0.4, -0.2) is 22.1 Å². The van der Waals surface area contributed by atoms with Gasteiger partial charge in [-0.3, -0.25) is 4.79 Å². The molecule has 0 atom stereocenters. The van der Waals surface area contributed by atoms with Crippen molar-refractivity contribution in [2.24, 2.45) is 0 Å². The summed E-state index contributed by atoms with van der Waals surface area (Å²) >= 11 is 0. The zero-order valence-electron chi connectivity index (χ0n) is 15.5. The predicted molar refractivity (Wildman–Crippen MR) is 103 cm³/mol. The molecule has 0 radical (unpaired) electrons. The molecule has 1 heterocycles. The molecule has 0 saturated heterocycles. The van der Waals surface area contributed by atoms with Crippen LogP contribution in [0.1, 0.15) is 40.2 Å². The molecule has 2 N–H and O–H groups in total. The van der Waals surface area contributed by atoms with Crippen LogP contribution < -0.4 is 10.6 Å². The zero-order valence-corrected chi connectivity index (χ0v) is 15.5. The number of anilines is 1. The number of hydrogen-bond acceptors (Lipinski definition) is 5. The number of rotatable bonds is 6. The van der Waals surface area contributed by atoms with Gasteiger partial charge in [-0.05, 0) is 50.5 Å². The lowest BCUT2D eigenvalue weighted by molar-refractivity contribution is 0.0951. The molecule has 1 aliphatic carbocycles. The minimum Gasteiger partial charge on any atom is -0.376 e. The Balaban J connectivity index is 1.44. The lowest BCUT2D eigenvalue weighted by Crippen LogP contribution is -2.25. The maximum atomic E-state index is 12.2. The van der Waals surface area contributed by atoms with Crippen LogP contribution in [0.4, 0.5) is 5.69 Å². The van der Waals surface area contributed by atoms with E-state index in [1.54, 1.807) is 0 Å². The van der Waals surface area contributed by atoms with Gasteiger partial charge in [0.1, 0.15) is 0 Å². The second-order valence-corrected chi connectivity index (χ2v) is 7.01. The number of aryl methyl sites for hydroxylation is 2. The summed E-state index contributed by atoms with van der Waals surface area (Å²) in [6, 6.07) is 14.0. The van der Waals surface area contributed by atoms with Crippen molar-refractivity contribution in [1.29, 1.82) is 0 Å².